The Morgan fingerprint density at radius 2 is 2.15 bits per heavy atom. The van der Waals surface area contributed by atoms with E-state index in [-0.39, 0.29) is 0 Å². The molecule has 2 aliphatic heterocycles. The van der Waals surface area contributed by atoms with Crippen LogP contribution in [-0.4, -0.2) is 44.3 Å². The molecule has 0 saturated carbocycles. The second-order valence-corrected chi connectivity index (χ2v) is 4.29. The van der Waals surface area contributed by atoms with Gasteiger partial charge in [0.05, 0.1) is 6.61 Å². The summed E-state index contributed by atoms with van der Waals surface area (Å²) < 4.78 is 5.49. The van der Waals surface area contributed by atoms with Gasteiger partial charge in [-0.15, -0.1) is 0 Å². The molecule has 0 spiro atoms. The molecule has 13 heavy (non-hydrogen) atoms. The topological polar surface area (TPSA) is 38.5 Å². The van der Waals surface area contributed by atoms with Crippen LogP contribution in [0, 0.1) is 11.8 Å². The molecule has 3 nitrogen and oxygen atoms in total. The zero-order chi connectivity index (χ0) is 9.10. The first-order valence-electron chi connectivity index (χ1n) is 5.40. The number of fused-ring (bicyclic) bond motifs is 1. The van der Waals surface area contributed by atoms with E-state index in [1.165, 1.54) is 26.1 Å². The van der Waals surface area contributed by atoms with Crippen LogP contribution in [-0.2, 0) is 4.74 Å². The van der Waals surface area contributed by atoms with E-state index >= 15 is 0 Å². The van der Waals surface area contributed by atoms with Gasteiger partial charge in [0.2, 0.25) is 0 Å². The predicted molar refractivity (Wildman–Crippen MR) is 52.5 cm³/mol. The second-order valence-electron chi connectivity index (χ2n) is 4.29. The second kappa shape index (κ2) is 4.40. The Labute approximate surface area is 80.2 Å². The molecule has 2 heterocycles. The van der Waals surface area contributed by atoms with Crippen molar-refractivity contribution in [3.8, 4) is 0 Å². The first-order valence-corrected chi connectivity index (χ1v) is 5.40. The molecular weight excluding hydrogens is 164 g/mol. The molecular formula is C10H20N2O. The number of nitrogens with zero attached hydrogens (tertiary/aromatic N) is 1. The van der Waals surface area contributed by atoms with Crippen LogP contribution in [0.15, 0.2) is 0 Å². The maximum Gasteiger partial charge on any atom is 0.0510 e. The molecule has 2 rings (SSSR count). The fourth-order valence-corrected chi connectivity index (χ4v) is 2.45. The summed E-state index contributed by atoms with van der Waals surface area (Å²) in [5, 5.41) is 0. The summed E-state index contributed by atoms with van der Waals surface area (Å²) >= 11 is 0. The minimum atomic E-state index is 0.812. The molecule has 3 heteroatoms. The molecule has 2 aliphatic rings. The quantitative estimate of drug-likeness (QED) is 0.686. The van der Waals surface area contributed by atoms with E-state index in [4.69, 9.17) is 10.5 Å². The fraction of sp³-hybridized carbons (Fsp3) is 1.00. The fourth-order valence-electron chi connectivity index (χ4n) is 2.45. The van der Waals surface area contributed by atoms with Gasteiger partial charge in [-0.2, -0.15) is 0 Å². The molecule has 0 amide bonds. The molecule has 2 N–H and O–H groups in total. The van der Waals surface area contributed by atoms with Crippen molar-refractivity contribution >= 4 is 0 Å². The van der Waals surface area contributed by atoms with Crippen molar-refractivity contribution in [1.29, 1.82) is 0 Å². The van der Waals surface area contributed by atoms with E-state index < -0.39 is 0 Å². The van der Waals surface area contributed by atoms with Gasteiger partial charge >= 0.3 is 0 Å². The number of hydrogen-bond donors (Lipinski definition) is 1. The third kappa shape index (κ3) is 2.22. The number of hydrogen-bond acceptors (Lipinski definition) is 3. The van der Waals surface area contributed by atoms with Gasteiger partial charge in [0.25, 0.3) is 0 Å². The average Bonchev–Trinajstić information content (AvgIpc) is 2.61. The average molecular weight is 184 g/mol. The summed E-state index contributed by atoms with van der Waals surface area (Å²) in [4.78, 5) is 2.54. The Kier molecular flexibility index (Phi) is 3.19. The number of rotatable bonds is 3. The number of ether oxygens (including phenoxy) is 1. The molecule has 0 aliphatic carbocycles. The molecule has 76 valence electrons. The van der Waals surface area contributed by atoms with E-state index in [2.05, 4.69) is 4.90 Å². The van der Waals surface area contributed by atoms with E-state index in [9.17, 15) is 0 Å². The zero-order valence-electron chi connectivity index (χ0n) is 8.24. The molecule has 2 atom stereocenters. The highest BCUT2D eigenvalue weighted by atomic mass is 16.5. The highest BCUT2D eigenvalue weighted by Gasteiger charge is 2.33. The van der Waals surface area contributed by atoms with Gasteiger partial charge in [0.15, 0.2) is 0 Å². The summed E-state index contributed by atoms with van der Waals surface area (Å²) in [6.07, 6.45) is 2.47. The minimum Gasteiger partial charge on any atom is -0.381 e. The largest absolute Gasteiger partial charge is 0.381 e. The number of likely N-dealkylation sites (tertiary alicyclic amines) is 1. The van der Waals surface area contributed by atoms with Gasteiger partial charge in [-0.05, 0) is 38.4 Å². The lowest BCUT2D eigenvalue weighted by Crippen LogP contribution is -2.40. The van der Waals surface area contributed by atoms with Gasteiger partial charge in [-0.3, -0.25) is 0 Å². The third-order valence-electron chi connectivity index (χ3n) is 3.32. The molecule has 0 aromatic rings. The van der Waals surface area contributed by atoms with Crippen LogP contribution in [0.5, 0.6) is 0 Å². The van der Waals surface area contributed by atoms with E-state index in [0.29, 0.717) is 0 Å². The Hall–Kier alpha value is -0.120. The lowest BCUT2D eigenvalue weighted by Gasteiger charge is -2.33. The van der Waals surface area contributed by atoms with Gasteiger partial charge in [-0.25, -0.2) is 0 Å². The summed E-state index contributed by atoms with van der Waals surface area (Å²) in [5.41, 5.74) is 5.50. The molecule has 2 fully saturated rings. The van der Waals surface area contributed by atoms with Crippen molar-refractivity contribution in [3.05, 3.63) is 0 Å². The van der Waals surface area contributed by atoms with Crippen molar-refractivity contribution in [2.75, 3.05) is 39.4 Å². The molecule has 0 bridgehead atoms. The van der Waals surface area contributed by atoms with Crippen molar-refractivity contribution in [3.63, 3.8) is 0 Å². The molecule has 0 aromatic heterocycles. The first kappa shape index (κ1) is 9.44. The van der Waals surface area contributed by atoms with Crippen molar-refractivity contribution < 1.29 is 4.74 Å². The van der Waals surface area contributed by atoms with Crippen LogP contribution in [0.4, 0.5) is 0 Å². The predicted octanol–water partition coefficient (Wildman–Crippen LogP) is 0.304. The lowest BCUT2D eigenvalue weighted by atomic mass is 9.89. The van der Waals surface area contributed by atoms with Crippen molar-refractivity contribution in [2.24, 2.45) is 17.6 Å². The van der Waals surface area contributed by atoms with Crippen molar-refractivity contribution in [1.82, 2.24) is 4.90 Å². The maximum absolute atomic E-state index is 5.50. The normalized spacial score (nSPS) is 34.8. The van der Waals surface area contributed by atoms with Gasteiger partial charge in [0.1, 0.15) is 0 Å². The van der Waals surface area contributed by atoms with Crippen molar-refractivity contribution in [2.45, 2.75) is 12.8 Å². The zero-order valence-corrected chi connectivity index (χ0v) is 8.24. The Balaban J connectivity index is 1.76. The Morgan fingerprint density at radius 3 is 3.00 bits per heavy atom. The van der Waals surface area contributed by atoms with Gasteiger partial charge in [0, 0.05) is 19.1 Å². The smallest absolute Gasteiger partial charge is 0.0510 e. The molecule has 0 radical (unpaired) electrons. The first-order chi connectivity index (χ1) is 6.40. The monoisotopic (exact) mass is 184 g/mol. The maximum atomic E-state index is 5.50. The highest BCUT2D eigenvalue weighted by molar-refractivity contribution is 4.83. The minimum absolute atomic E-state index is 0.812. The summed E-state index contributed by atoms with van der Waals surface area (Å²) in [6, 6.07) is 0. The Bertz CT molecular complexity index is 163. The van der Waals surface area contributed by atoms with E-state index in [1.54, 1.807) is 0 Å². The highest BCUT2D eigenvalue weighted by Crippen LogP contribution is 2.28. The molecule has 2 saturated heterocycles. The summed E-state index contributed by atoms with van der Waals surface area (Å²) in [5.74, 6) is 1.67. The van der Waals surface area contributed by atoms with Crippen LogP contribution >= 0.6 is 0 Å². The summed E-state index contributed by atoms with van der Waals surface area (Å²) in [7, 11) is 0. The van der Waals surface area contributed by atoms with Crippen LogP contribution < -0.4 is 5.73 Å². The lowest BCUT2D eigenvalue weighted by molar-refractivity contribution is 0.146. The number of piperidine rings is 1. The molecule has 0 aromatic carbocycles. The van der Waals surface area contributed by atoms with Gasteiger partial charge in [-0.1, -0.05) is 0 Å². The number of nitrogens with two attached hydrogens (primary N) is 1. The van der Waals surface area contributed by atoms with Gasteiger partial charge < -0.3 is 15.4 Å². The summed E-state index contributed by atoms with van der Waals surface area (Å²) in [6.45, 7) is 6.50. The van der Waals surface area contributed by atoms with Crippen LogP contribution in [0.3, 0.4) is 0 Å². The molecule has 2 unspecified atom stereocenters. The SMILES string of the molecule is NCCCN1CCC2COCC2C1. The van der Waals surface area contributed by atoms with Crippen LogP contribution in [0.2, 0.25) is 0 Å². The standard InChI is InChI=1S/C10H20N2O/c11-3-1-4-12-5-2-9-7-13-8-10(9)6-12/h9-10H,1-8,11H2. The van der Waals surface area contributed by atoms with E-state index in [0.717, 1.165) is 38.0 Å². The third-order valence-corrected chi connectivity index (χ3v) is 3.32. The van der Waals surface area contributed by atoms with E-state index in [1.807, 2.05) is 0 Å². The Morgan fingerprint density at radius 1 is 1.31 bits per heavy atom. The van der Waals surface area contributed by atoms with Crippen LogP contribution in [0.1, 0.15) is 12.8 Å². The van der Waals surface area contributed by atoms with Crippen LogP contribution in [0.25, 0.3) is 0 Å².